The third-order valence-electron chi connectivity index (χ3n) is 2.41. The minimum absolute atomic E-state index is 0.0300. The molecule has 0 aliphatic rings. The lowest BCUT2D eigenvalue weighted by molar-refractivity contribution is -0.140. The lowest BCUT2D eigenvalue weighted by atomic mass is 10.1. The molecule has 0 atom stereocenters. The third kappa shape index (κ3) is 4.79. The molecule has 120 valence electrons. The fourth-order valence-electron chi connectivity index (χ4n) is 1.58. The van der Waals surface area contributed by atoms with Gasteiger partial charge in [0.2, 0.25) is 0 Å². The first-order valence-electron chi connectivity index (χ1n) is 5.51. The summed E-state index contributed by atoms with van der Waals surface area (Å²) in [7, 11) is -9.81. The predicted molar refractivity (Wildman–Crippen MR) is 66.0 cm³/mol. The van der Waals surface area contributed by atoms with Crippen LogP contribution in [0.2, 0.25) is 0 Å². The third-order valence-corrected chi connectivity index (χ3v) is 4.46. The Labute approximate surface area is 118 Å². The molecule has 0 saturated heterocycles. The highest BCUT2D eigenvalue weighted by atomic mass is 32.2. The second-order valence-corrected chi connectivity index (χ2v) is 7.15. The summed E-state index contributed by atoms with van der Waals surface area (Å²) < 4.78 is 77.1. The molecule has 0 heterocycles. The minimum atomic E-state index is -4.96. The zero-order valence-electron chi connectivity index (χ0n) is 10.7. The van der Waals surface area contributed by atoms with E-state index in [0.717, 1.165) is 6.07 Å². The van der Waals surface area contributed by atoms with E-state index < -0.39 is 40.7 Å². The van der Waals surface area contributed by atoms with E-state index in [2.05, 4.69) is 4.18 Å². The van der Waals surface area contributed by atoms with Gasteiger partial charge in [-0.1, -0.05) is 19.1 Å². The average molecular weight is 348 g/mol. The summed E-state index contributed by atoms with van der Waals surface area (Å²) in [5.41, 5.74) is -1.59. The molecular formula is C10H12F3O6PS. The molecule has 0 aliphatic carbocycles. The minimum Gasteiger partial charge on any atom is -0.323 e. The largest absolute Gasteiger partial charge is 0.417 e. The van der Waals surface area contributed by atoms with E-state index in [4.69, 9.17) is 9.79 Å². The normalized spacial score (nSPS) is 13.4. The van der Waals surface area contributed by atoms with Crippen molar-refractivity contribution in [3.8, 4) is 0 Å². The van der Waals surface area contributed by atoms with E-state index in [1.165, 1.54) is 13.0 Å². The van der Waals surface area contributed by atoms with Crippen molar-refractivity contribution in [1.82, 2.24) is 0 Å². The van der Waals surface area contributed by atoms with Crippen LogP contribution in [0.25, 0.3) is 0 Å². The number of benzene rings is 1. The van der Waals surface area contributed by atoms with E-state index in [1.807, 2.05) is 0 Å². The highest BCUT2D eigenvalue weighted by molar-refractivity contribution is 7.87. The van der Waals surface area contributed by atoms with Gasteiger partial charge < -0.3 is 9.79 Å². The topological polar surface area (TPSA) is 101 Å². The first kappa shape index (κ1) is 18.1. The molecule has 0 radical (unpaired) electrons. The molecular weight excluding hydrogens is 336 g/mol. The summed E-state index contributed by atoms with van der Waals surface area (Å²) >= 11 is 0. The van der Waals surface area contributed by atoms with Gasteiger partial charge in [0.05, 0.1) is 5.56 Å². The Morgan fingerprint density at radius 3 is 2.29 bits per heavy atom. The molecule has 2 N–H and O–H groups in total. The van der Waals surface area contributed by atoms with E-state index >= 15 is 0 Å². The van der Waals surface area contributed by atoms with Gasteiger partial charge >= 0.3 is 13.8 Å². The van der Waals surface area contributed by atoms with Crippen molar-refractivity contribution in [2.24, 2.45) is 0 Å². The SMILES string of the molecule is CCc1cccc(C(F)(F)F)c1S(=O)(=O)OCP(=O)(O)O. The zero-order valence-corrected chi connectivity index (χ0v) is 12.4. The molecule has 11 heteroatoms. The molecule has 0 saturated carbocycles. The number of halogens is 3. The second-order valence-electron chi connectivity index (χ2n) is 4.01. The monoisotopic (exact) mass is 348 g/mol. The average Bonchev–Trinajstić information content (AvgIpc) is 2.33. The van der Waals surface area contributed by atoms with E-state index in [9.17, 15) is 26.2 Å². The van der Waals surface area contributed by atoms with Crippen molar-refractivity contribution in [3.63, 3.8) is 0 Å². The number of rotatable bonds is 5. The van der Waals surface area contributed by atoms with Crippen LogP contribution in [0, 0.1) is 0 Å². The Hall–Kier alpha value is -0.930. The van der Waals surface area contributed by atoms with Gasteiger partial charge in [0.25, 0.3) is 10.1 Å². The summed E-state index contributed by atoms with van der Waals surface area (Å²) in [6, 6.07) is 2.78. The van der Waals surface area contributed by atoms with Crippen LogP contribution >= 0.6 is 7.60 Å². The molecule has 1 rings (SSSR count). The molecule has 0 aromatic heterocycles. The Morgan fingerprint density at radius 2 is 1.86 bits per heavy atom. The van der Waals surface area contributed by atoms with Crippen molar-refractivity contribution in [1.29, 1.82) is 0 Å². The Bertz CT molecular complexity index is 664. The molecule has 0 fully saturated rings. The lowest BCUT2D eigenvalue weighted by Gasteiger charge is -2.16. The Balaban J connectivity index is 3.43. The van der Waals surface area contributed by atoms with Crippen molar-refractivity contribution >= 4 is 17.7 Å². The summed E-state index contributed by atoms with van der Waals surface area (Å²) in [5.74, 6) is 0. The van der Waals surface area contributed by atoms with Crippen LogP contribution in [-0.2, 0) is 31.5 Å². The van der Waals surface area contributed by atoms with Crippen LogP contribution in [-0.4, -0.2) is 24.6 Å². The molecule has 0 amide bonds. The highest BCUT2D eigenvalue weighted by Crippen LogP contribution is 2.39. The van der Waals surface area contributed by atoms with Gasteiger partial charge in [-0.15, -0.1) is 0 Å². The number of aryl methyl sites for hydroxylation is 1. The van der Waals surface area contributed by atoms with Gasteiger partial charge in [-0.05, 0) is 18.1 Å². The Kier molecular flexibility index (Phi) is 5.22. The van der Waals surface area contributed by atoms with Crippen molar-refractivity contribution < 1.29 is 40.1 Å². The smallest absolute Gasteiger partial charge is 0.323 e. The van der Waals surface area contributed by atoms with Crippen LogP contribution in [0.1, 0.15) is 18.1 Å². The first-order chi connectivity index (χ1) is 9.38. The fraction of sp³-hybridized carbons (Fsp3) is 0.400. The molecule has 6 nitrogen and oxygen atoms in total. The predicted octanol–water partition coefficient (Wildman–Crippen LogP) is 2.11. The summed E-state index contributed by atoms with van der Waals surface area (Å²) in [6.45, 7) is 1.44. The summed E-state index contributed by atoms with van der Waals surface area (Å²) in [5, 5.41) is 0. The van der Waals surface area contributed by atoms with Crippen molar-refractivity contribution in [3.05, 3.63) is 29.3 Å². The van der Waals surface area contributed by atoms with Gasteiger partial charge in [-0.3, -0.25) is 8.75 Å². The fourth-order valence-corrected chi connectivity index (χ4v) is 3.79. The van der Waals surface area contributed by atoms with Gasteiger partial charge in [-0.2, -0.15) is 21.6 Å². The standard InChI is InChI=1S/C10H12F3O6PS/c1-2-7-4-3-5-8(10(11,12)13)9(7)21(17,18)19-6-20(14,15)16/h3-5H,2,6H2,1H3,(H2,14,15,16). The van der Waals surface area contributed by atoms with E-state index in [1.54, 1.807) is 0 Å². The van der Waals surface area contributed by atoms with Crippen LogP contribution in [0.4, 0.5) is 13.2 Å². The highest BCUT2D eigenvalue weighted by Gasteiger charge is 2.39. The van der Waals surface area contributed by atoms with Gasteiger partial charge in [0.15, 0.2) is 6.35 Å². The van der Waals surface area contributed by atoms with Crippen molar-refractivity contribution in [2.75, 3.05) is 6.35 Å². The summed E-state index contributed by atoms with van der Waals surface area (Å²) in [4.78, 5) is 16.0. The van der Waals surface area contributed by atoms with Gasteiger partial charge in [0, 0.05) is 0 Å². The van der Waals surface area contributed by atoms with E-state index in [0.29, 0.717) is 6.07 Å². The van der Waals surface area contributed by atoms with Crippen LogP contribution in [0.5, 0.6) is 0 Å². The van der Waals surface area contributed by atoms with Gasteiger partial charge in [0.1, 0.15) is 4.90 Å². The molecule has 1 aromatic rings. The van der Waals surface area contributed by atoms with Crippen LogP contribution in [0.3, 0.4) is 0 Å². The van der Waals surface area contributed by atoms with Crippen molar-refractivity contribution in [2.45, 2.75) is 24.4 Å². The molecule has 1 aromatic carbocycles. The zero-order chi connectivity index (χ0) is 16.5. The maximum absolute atomic E-state index is 12.9. The van der Waals surface area contributed by atoms with Crippen LogP contribution in [0.15, 0.2) is 23.1 Å². The second kappa shape index (κ2) is 6.05. The maximum atomic E-state index is 12.9. The van der Waals surface area contributed by atoms with Crippen LogP contribution < -0.4 is 0 Å². The Morgan fingerprint density at radius 1 is 1.29 bits per heavy atom. The molecule has 21 heavy (non-hydrogen) atoms. The lowest BCUT2D eigenvalue weighted by Crippen LogP contribution is -2.18. The number of hydrogen-bond acceptors (Lipinski definition) is 4. The first-order valence-corrected chi connectivity index (χ1v) is 8.72. The molecule has 0 aliphatic heterocycles. The quantitative estimate of drug-likeness (QED) is 0.624. The molecule has 0 bridgehead atoms. The maximum Gasteiger partial charge on any atom is 0.417 e. The molecule has 0 unspecified atom stereocenters. The van der Waals surface area contributed by atoms with Gasteiger partial charge in [-0.25, -0.2) is 0 Å². The molecule has 0 spiro atoms. The number of hydrogen-bond donors (Lipinski definition) is 2. The summed E-state index contributed by atoms with van der Waals surface area (Å²) in [6.07, 6.45) is -6.50. The number of alkyl halides is 3. The van der Waals surface area contributed by atoms with E-state index in [-0.39, 0.29) is 12.0 Å².